The largest absolute Gasteiger partial charge is 0.395 e. The van der Waals surface area contributed by atoms with Gasteiger partial charge in [-0.25, -0.2) is 0 Å². The van der Waals surface area contributed by atoms with E-state index in [9.17, 15) is 0 Å². The highest BCUT2D eigenvalue weighted by Crippen LogP contribution is 2.20. The molecule has 0 amide bonds. The minimum Gasteiger partial charge on any atom is -0.395 e. The molecule has 1 heterocycles. The number of aliphatic hydroxyl groups is 1. The second-order valence-electron chi connectivity index (χ2n) is 5.38. The first kappa shape index (κ1) is 15.7. The minimum atomic E-state index is 0.130. The van der Waals surface area contributed by atoms with Crippen molar-refractivity contribution in [3.8, 4) is 11.4 Å². The van der Waals surface area contributed by atoms with Crippen LogP contribution in [0.3, 0.4) is 0 Å². The lowest BCUT2D eigenvalue weighted by molar-refractivity contribution is 0.180. The fourth-order valence-corrected chi connectivity index (χ4v) is 2.14. The van der Waals surface area contributed by atoms with Gasteiger partial charge in [0.05, 0.1) is 13.2 Å². The van der Waals surface area contributed by atoms with E-state index in [0.717, 1.165) is 12.1 Å². The first-order valence-corrected chi connectivity index (χ1v) is 7.40. The van der Waals surface area contributed by atoms with Crippen molar-refractivity contribution in [2.45, 2.75) is 33.2 Å². The summed E-state index contributed by atoms with van der Waals surface area (Å²) in [5.41, 5.74) is 2.25. The number of nitrogens with zero attached hydrogens (tertiary/aromatic N) is 3. The van der Waals surface area contributed by atoms with E-state index in [1.54, 1.807) is 0 Å². The molecule has 2 rings (SSSR count). The van der Waals surface area contributed by atoms with Crippen LogP contribution in [0.25, 0.3) is 11.4 Å². The van der Waals surface area contributed by atoms with Gasteiger partial charge in [0, 0.05) is 12.1 Å². The van der Waals surface area contributed by atoms with Crippen LogP contribution in [0.1, 0.15) is 38.1 Å². The van der Waals surface area contributed by atoms with Crippen LogP contribution in [-0.4, -0.2) is 39.8 Å². The molecule has 0 atom stereocenters. The van der Waals surface area contributed by atoms with Crippen molar-refractivity contribution < 1.29 is 9.63 Å². The molecule has 0 aliphatic carbocycles. The number of hydrogen-bond donors (Lipinski definition) is 1. The molecule has 0 bridgehead atoms. The molecule has 5 nitrogen and oxygen atoms in total. The summed E-state index contributed by atoms with van der Waals surface area (Å²) in [7, 11) is 0. The summed E-state index contributed by atoms with van der Waals surface area (Å²) in [5.74, 6) is 1.70. The van der Waals surface area contributed by atoms with E-state index in [-0.39, 0.29) is 6.61 Å². The molecule has 0 unspecified atom stereocenters. The molecule has 1 aromatic heterocycles. The van der Waals surface area contributed by atoms with Gasteiger partial charge < -0.3 is 9.63 Å². The summed E-state index contributed by atoms with van der Waals surface area (Å²) in [6.07, 6.45) is 0. The van der Waals surface area contributed by atoms with Gasteiger partial charge in [-0.3, -0.25) is 4.90 Å². The number of aromatic nitrogens is 2. The predicted molar refractivity (Wildman–Crippen MR) is 81.9 cm³/mol. The summed E-state index contributed by atoms with van der Waals surface area (Å²) in [6.45, 7) is 8.51. The van der Waals surface area contributed by atoms with E-state index in [4.69, 9.17) is 9.63 Å². The topological polar surface area (TPSA) is 62.4 Å². The molecule has 1 N–H and O–H groups in total. The highest BCUT2D eigenvalue weighted by molar-refractivity contribution is 5.54. The van der Waals surface area contributed by atoms with E-state index >= 15 is 0 Å². The van der Waals surface area contributed by atoms with Crippen molar-refractivity contribution in [1.82, 2.24) is 15.0 Å². The average molecular weight is 289 g/mol. The minimum absolute atomic E-state index is 0.130. The maximum absolute atomic E-state index is 8.99. The third-order valence-electron chi connectivity index (χ3n) is 3.53. The van der Waals surface area contributed by atoms with Crippen LogP contribution in [0.5, 0.6) is 0 Å². The molecule has 0 saturated carbocycles. The summed E-state index contributed by atoms with van der Waals surface area (Å²) in [4.78, 5) is 6.48. The average Bonchev–Trinajstić information content (AvgIpc) is 2.95. The molecular weight excluding hydrogens is 266 g/mol. The van der Waals surface area contributed by atoms with Crippen LogP contribution >= 0.6 is 0 Å². The van der Waals surface area contributed by atoms with Crippen molar-refractivity contribution in [1.29, 1.82) is 0 Å². The number of aliphatic hydroxyl groups excluding tert-OH is 1. The van der Waals surface area contributed by atoms with Gasteiger partial charge in [0.25, 0.3) is 0 Å². The molecule has 21 heavy (non-hydrogen) atoms. The SMILES string of the molecule is CCN(CCO)Cc1nc(-c2ccc(C(C)C)cc2)no1. The van der Waals surface area contributed by atoms with E-state index in [1.807, 2.05) is 19.1 Å². The normalized spacial score (nSPS) is 11.5. The lowest BCUT2D eigenvalue weighted by atomic mass is 10.0. The summed E-state index contributed by atoms with van der Waals surface area (Å²) >= 11 is 0. The maximum atomic E-state index is 8.99. The fraction of sp³-hybridized carbons (Fsp3) is 0.500. The maximum Gasteiger partial charge on any atom is 0.241 e. The molecule has 2 aromatic rings. The highest BCUT2D eigenvalue weighted by atomic mass is 16.5. The first-order chi connectivity index (χ1) is 10.1. The molecule has 0 spiro atoms. The second kappa shape index (κ2) is 7.33. The highest BCUT2D eigenvalue weighted by Gasteiger charge is 2.12. The zero-order chi connectivity index (χ0) is 15.2. The van der Waals surface area contributed by atoms with Crippen LogP contribution in [-0.2, 0) is 6.54 Å². The zero-order valence-corrected chi connectivity index (χ0v) is 12.9. The molecule has 0 aliphatic rings. The molecule has 0 radical (unpaired) electrons. The Hall–Kier alpha value is -1.72. The Morgan fingerprint density at radius 1 is 1.24 bits per heavy atom. The molecular formula is C16H23N3O2. The Bertz CT molecular complexity index is 549. The number of rotatable bonds is 7. The Balaban J connectivity index is 2.08. The van der Waals surface area contributed by atoms with E-state index < -0.39 is 0 Å². The van der Waals surface area contributed by atoms with Crippen LogP contribution in [0.15, 0.2) is 28.8 Å². The number of hydrogen-bond acceptors (Lipinski definition) is 5. The lowest BCUT2D eigenvalue weighted by Crippen LogP contribution is -2.26. The van der Waals surface area contributed by atoms with Crippen LogP contribution in [0.2, 0.25) is 0 Å². The Morgan fingerprint density at radius 2 is 1.95 bits per heavy atom. The number of benzene rings is 1. The Morgan fingerprint density at radius 3 is 2.52 bits per heavy atom. The fourth-order valence-electron chi connectivity index (χ4n) is 2.14. The van der Waals surface area contributed by atoms with Crippen molar-refractivity contribution in [2.24, 2.45) is 0 Å². The molecule has 114 valence electrons. The van der Waals surface area contributed by atoms with E-state index in [1.165, 1.54) is 5.56 Å². The van der Waals surface area contributed by atoms with E-state index in [2.05, 4.69) is 41.0 Å². The van der Waals surface area contributed by atoms with Crippen molar-refractivity contribution in [2.75, 3.05) is 19.7 Å². The summed E-state index contributed by atoms with van der Waals surface area (Å²) in [6, 6.07) is 8.24. The molecule has 0 aliphatic heterocycles. The third-order valence-corrected chi connectivity index (χ3v) is 3.53. The Labute approximate surface area is 125 Å². The van der Waals surface area contributed by atoms with Crippen molar-refractivity contribution >= 4 is 0 Å². The predicted octanol–water partition coefficient (Wildman–Crippen LogP) is 2.67. The monoisotopic (exact) mass is 289 g/mol. The van der Waals surface area contributed by atoms with Gasteiger partial charge in [0.2, 0.25) is 11.7 Å². The quantitative estimate of drug-likeness (QED) is 0.849. The zero-order valence-electron chi connectivity index (χ0n) is 12.9. The first-order valence-electron chi connectivity index (χ1n) is 7.40. The number of likely N-dealkylation sites (N-methyl/N-ethyl adjacent to an activating group) is 1. The summed E-state index contributed by atoms with van der Waals surface area (Å²) in [5, 5.41) is 13.0. The van der Waals surface area contributed by atoms with Crippen molar-refractivity contribution in [3.63, 3.8) is 0 Å². The molecule has 1 aromatic carbocycles. The van der Waals surface area contributed by atoms with Crippen molar-refractivity contribution in [3.05, 3.63) is 35.7 Å². The third kappa shape index (κ3) is 4.12. The van der Waals surface area contributed by atoms with Gasteiger partial charge >= 0.3 is 0 Å². The van der Waals surface area contributed by atoms with Gasteiger partial charge in [0.15, 0.2) is 0 Å². The standard InChI is InChI=1S/C16H23N3O2/c1-4-19(9-10-20)11-15-17-16(18-21-15)14-7-5-13(6-8-14)12(2)3/h5-8,12,20H,4,9-11H2,1-3H3. The van der Waals surface area contributed by atoms with Crippen LogP contribution in [0, 0.1) is 0 Å². The van der Waals surface area contributed by atoms with Gasteiger partial charge in [-0.1, -0.05) is 50.2 Å². The van der Waals surface area contributed by atoms with Crippen LogP contribution < -0.4 is 0 Å². The van der Waals surface area contributed by atoms with Gasteiger partial charge in [-0.2, -0.15) is 4.98 Å². The van der Waals surface area contributed by atoms with Crippen LogP contribution in [0.4, 0.5) is 0 Å². The second-order valence-corrected chi connectivity index (χ2v) is 5.38. The van der Waals surface area contributed by atoms with Gasteiger partial charge in [-0.15, -0.1) is 0 Å². The smallest absolute Gasteiger partial charge is 0.241 e. The molecule has 0 fully saturated rings. The lowest BCUT2D eigenvalue weighted by Gasteiger charge is -2.15. The summed E-state index contributed by atoms with van der Waals surface area (Å²) < 4.78 is 5.29. The Kier molecular flexibility index (Phi) is 5.47. The molecule has 0 saturated heterocycles. The van der Waals surface area contributed by atoms with Gasteiger partial charge in [-0.05, 0) is 18.0 Å². The molecule has 5 heteroatoms. The van der Waals surface area contributed by atoms with Gasteiger partial charge in [0.1, 0.15) is 0 Å². The van der Waals surface area contributed by atoms with E-state index in [0.29, 0.717) is 30.7 Å².